The molecule has 1 atom stereocenters. The van der Waals surface area contributed by atoms with Gasteiger partial charge >= 0.3 is 18.0 Å². The fraction of sp³-hybridized carbons (Fsp3) is 0.409. The number of fused-ring (bicyclic) bond motifs is 1. The van der Waals surface area contributed by atoms with Crippen molar-refractivity contribution in [1.82, 2.24) is 4.90 Å². The second-order valence-electron chi connectivity index (χ2n) is 7.01. The number of carboxylic acid groups (broad SMARTS) is 1. The van der Waals surface area contributed by atoms with Crippen LogP contribution in [0.5, 0.6) is 11.5 Å². The first-order chi connectivity index (χ1) is 15.4. The highest BCUT2D eigenvalue weighted by Gasteiger charge is 2.34. The highest BCUT2D eigenvalue weighted by Crippen LogP contribution is 2.40. The number of amides is 2. The molecular formula is C22H26N2O7S. The Morgan fingerprint density at radius 2 is 1.88 bits per heavy atom. The minimum absolute atomic E-state index is 0.270. The van der Waals surface area contributed by atoms with Crippen molar-refractivity contribution in [3.63, 3.8) is 0 Å². The zero-order chi connectivity index (χ0) is 23.3. The predicted molar refractivity (Wildman–Crippen MR) is 119 cm³/mol. The number of ether oxygens (including phenoxy) is 3. The van der Waals surface area contributed by atoms with Crippen molar-refractivity contribution in [3.05, 3.63) is 39.6 Å². The summed E-state index contributed by atoms with van der Waals surface area (Å²) in [6.07, 6.45) is 0.256. The maximum absolute atomic E-state index is 13.1. The topological polar surface area (TPSA) is 114 Å². The predicted octanol–water partition coefficient (Wildman–Crippen LogP) is 3.94. The van der Waals surface area contributed by atoms with Crippen LogP contribution in [0, 0.1) is 0 Å². The van der Waals surface area contributed by atoms with Gasteiger partial charge in [-0.1, -0.05) is 0 Å². The molecule has 1 aliphatic rings. The van der Waals surface area contributed by atoms with Gasteiger partial charge in [0.1, 0.15) is 4.88 Å². The summed E-state index contributed by atoms with van der Waals surface area (Å²) in [5.74, 6) is -0.470. The van der Waals surface area contributed by atoms with Crippen LogP contribution in [-0.4, -0.2) is 54.8 Å². The fourth-order valence-corrected chi connectivity index (χ4v) is 4.49. The molecule has 2 N–H and O–H groups in total. The van der Waals surface area contributed by atoms with E-state index in [1.807, 2.05) is 19.9 Å². The second-order valence-corrected chi connectivity index (χ2v) is 7.92. The van der Waals surface area contributed by atoms with Gasteiger partial charge in [0, 0.05) is 6.54 Å². The first kappa shape index (κ1) is 23.4. The summed E-state index contributed by atoms with van der Waals surface area (Å²) in [6.45, 7) is 4.93. The molecule has 10 heteroatoms. The lowest BCUT2D eigenvalue weighted by Crippen LogP contribution is -2.43. The first-order valence-electron chi connectivity index (χ1n) is 10.3. The van der Waals surface area contributed by atoms with Crippen LogP contribution in [-0.2, 0) is 16.0 Å². The average molecular weight is 463 g/mol. The molecule has 9 nitrogen and oxygen atoms in total. The zero-order valence-corrected chi connectivity index (χ0v) is 19.0. The van der Waals surface area contributed by atoms with Crippen LogP contribution in [0.25, 0.3) is 0 Å². The second kappa shape index (κ2) is 10.4. The minimum Gasteiger partial charge on any atom is -0.490 e. The van der Waals surface area contributed by atoms with E-state index in [9.17, 15) is 19.5 Å². The Hall–Kier alpha value is -3.27. The SMILES string of the molecule is CCOc1cc2c(cc1OCC)C(CC(=O)O)N(C(=O)Nc1ccsc1C(=O)OC)CC2. The number of nitrogens with one attached hydrogen (secondary N) is 1. The summed E-state index contributed by atoms with van der Waals surface area (Å²) in [4.78, 5) is 38.5. The van der Waals surface area contributed by atoms with E-state index >= 15 is 0 Å². The van der Waals surface area contributed by atoms with Crippen LogP contribution in [0.15, 0.2) is 23.6 Å². The molecule has 0 saturated heterocycles. The van der Waals surface area contributed by atoms with Gasteiger partial charge in [-0.3, -0.25) is 4.79 Å². The number of thiophene rings is 1. The third kappa shape index (κ3) is 4.96. The number of urea groups is 1. The molecule has 1 unspecified atom stereocenters. The molecule has 0 saturated carbocycles. The number of carboxylic acids is 1. The van der Waals surface area contributed by atoms with Crippen LogP contribution < -0.4 is 14.8 Å². The summed E-state index contributed by atoms with van der Waals surface area (Å²) in [5, 5.41) is 13.9. The summed E-state index contributed by atoms with van der Waals surface area (Å²) in [5.41, 5.74) is 1.95. The lowest BCUT2D eigenvalue weighted by atomic mass is 9.90. The average Bonchev–Trinajstić information content (AvgIpc) is 3.22. The van der Waals surface area contributed by atoms with Crippen molar-refractivity contribution in [2.45, 2.75) is 32.7 Å². The van der Waals surface area contributed by atoms with Gasteiger partial charge in [-0.05, 0) is 55.0 Å². The molecule has 1 aliphatic heterocycles. The maximum Gasteiger partial charge on any atom is 0.350 e. The van der Waals surface area contributed by atoms with E-state index in [-0.39, 0.29) is 11.3 Å². The number of hydrogen-bond donors (Lipinski definition) is 2. The van der Waals surface area contributed by atoms with Gasteiger partial charge in [-0.2, -0.15) is 0 Å². The molecular weight excluding hydrogens is 436 g/mol. The smallest absolute Gasteiger partial charge is 0.350 e. The Morgan fingerprint density at radius 3 is 2.50 bits per heavy atom. The van der Waals surface area contributed by atoms with E-state index in [0.29, 0.717) is 48.9 Å². The molecule has 2 aromatic rings. The Balaban J connectivity index is 1.94. The van der Waals surface area contributed by atoms with Crippen molar-refractivity contribution >= 4 is 35.0 Å². The van der Waals surface area contributed by atoms with Gasteiger partial charge in [0.05, 0.1) is 38.5 Å². The number of esters is 1. The molecule has 0 spiro atoms. The van der Waals surface area contributed by atoms with Gasteiger partial charge in [0.15, 0.2) is 11.5 Å². The van der Waals surface area contributed by atoms with Crippen LogP contribution >= 0.6 is 11.3 Å². The molecule has 32 heavy (non-hydrogen) atoms. The quantitative estimate of drug-likeness (QED) is 0.571. The highest BCUT2D eigenvalue weighted by atomic mass is 32.1. The van der Waals surface area contributed by atoms with E-state index in [0.717, 1.165) is 16.9 Å². The number of methoxy groups -OCH3 is 1. The van der Waals surface area contributed by atoms with Crippen molar-refractivity contribution in [3.8, 4) is 11.5 Å². The van der Waals surface area contributed by atoms with Crippen LogP contribution in [0.3, 0.4) is 0 Å². The van der Waals surface area contributed by atoms with Crippen molar-refractivity contribution < 1.29 is 33.7 Å². The molecule has 1 aromatic heterocycles. The molecule has 0 fully saturated rings. The third-order valence-electron chi connectivity index (χ3n) is 5.07. The van der Waals surface area contributed by atoms with Crippen molar-refractivity contribution in [1.29, 1.82) is 0 Å². The van der Waals surface area contributed by atoms with Gasteiger partial charge < -0.3 is 29.5 Å². The standard InChI is InChI=1S/C22H26N2O7S/c1-4-30-17-10-13-6-8-24(16(12-19(25)26)14(13)11-18(17)31-5-2)22(28)23-15-7-9-32-20(15)21(27)29-3/h7,9-11,16H,4-6,8,12H2,1-3H3,(H,23,28)(H,25,26). The van der Waals surface area contributed by atoms with Crippen LogP contribution in [0.2, 0.25) is 0 Å². The van der Waals surface area contributed by atoms with Gasteiger partial charge in [-0.25, -0.2) is 9.59 Å². The Labute approximate surface area is 189 Å². The van der Waals surface area contributed by atoms with Crippen LogP contribution in [0.4, 0.5) is 10.5 Å². The maximum atomic E-state index is 13.1. The van der Waals surface area contributed by atoms with Crippen LogP contribution in [0.1, 0.15) is 47.1 Å². The molecule has 3 rings (SSSR count). The van der Waals surface area contributed by atoms with E-state index in [1.165, 1.54) is 12.0 Å². The Kier molecular flexibility index (Phi) is 7.57. The van der Waals surface area contributed by atoms with Crippen molar-refractivity contribution in [2.24, 2.45) is 0 Å². The van der Waals surface area contributed by atoms with Crippen molar-refractivity contribution in [2.75, 3.05) is 32.2 Å². The number of nitrogens with zero attached hydrogens (tertiary/aromatic N) is 1. The normalized spacial score (nSPS) is 15.0. The Morgan fingerprint density at radius 1 is 1.19 bits per heavy atom. The molecule has 0 bridgehead atoms. The molecule has 1 aromatic carbocycles. The van der Waals surface area contributed by atoms with E-state index < -0.39 is 24.0 Å². The molecule has 2 amide bonds. The first-order valence-corrected chi connectivity index (χ1v) is 11.1. The van der Waals surface area contributed by atoms with E-state index in [2.05, 4.69) is 5.32 Å². The summed E-state index contributed by atoms with van der Waals surface area (Å²) >= 11 is 1.15. The largest absolute Gasteiger partial charge is 0.490 e. The number of hydrogen-bond acceptors (Lipinski definition) is 7. The number of carbonyl (C=O) groups is 3. The summed E-state index contributed by atoms with van der Waals surface area (Å²) in [6, 6.07) is 4.05. The molecule has 172 valence electrons. The number of carbonyl (C=O) groups excluding carboxylic acids is 2. The number of anilines is 1. The number of rotatable bonds is 8. The molecule has 0 aliphatic carbocycles. The summed E-state index contributed by atoms with van der Waals surface area (Å²) < 4.78 is 16.1. The van der Waals surface area contributed by atoms with Gasteiger partial charge in [0.25, 0.3) is 0 Å². The van der Waals surface area contributed by atoms with Gasteiger partial charge in [-0.15, -0.1) is 11.3 Å². The lowest BCUT2D eigenvalue weighted by molar-refractivity contribution is -0.138. The van der Waals surface area contributed by atoms with E-state index in [4.69, 9.17) is 14.2 Å². The monoisotopic (exact) mass is 462 g/mol. The number of aliphatic carboxylic acids is 1. The lowest BCUT2D eigenvalue weighted by Gasteiger charge is -2.37. The molecule has 2 heterocycles. The fourth-order valence-electron chi connectivity index (χ4n) is 3.72. The van der Waals surface area contributed by atoms with Gasteiger partial charge in [0.2, 0.25) is 0 Å². The minimum atomic E-state index is -1.03. The zero-order valence-electron chi connectivity index (χ0n) is 18.2. The van der Waals surface area contributed by atoms with E-state index in [1.54, 1.807) is 17.5 Å². The highest BCUT2D eigenvalue weighted by molar-refractivity contribution is 7.12. The number of benzene rings is 1. The molecule has 0 radical (unpaired) electrons. The summed E-state index contributed by atoms with van der Waals surface area (Å²) in [7, 11) is 1.27. The third-order valence-corrected chi connectivity index (χ3v) is 5.96. The Bertz CT molecular complexity index is 1000.